The number of nitrogens with zero attached hydrogens (tertiary/aromatic N) is 2. The number of aliphatic imine (C=N–C) groups is 1. The molecule has 0 saturated heterocycles. The number of carbonyl (C=O) groups excluding carboxylic acids is 2. The molecule has 0 atom stereocenters. The van der Waals surface area contributed by atoms with Crippen LogP contribution in [0.2, 0.25) is 5.02 Å². The van der Waals surface area contributed by atoms with Crippen molar-refractivity contribution < 1.29 is 14.7 Å². The summed E-state index contributed by atoms with van der Waals surface area (Å²) < 4.78 is 0. The smallest absolute Gasteiger partial charge is 0.263 e. The fraction of sp³-hybridized carbons (Fsp3) is 0.148. The minimum absolute atomic E-state index is 0.0641. The lowest BCUT2D eigenvalue weighted by Crippen LogP contribution is -2.25. The van der Waals surface area contributed by atoms with Crippen LogP contribution >= 0.6 is 34.3 Å². The second-order valence-corrected chi connectivity index (χ2v) is 10.4. The van der Waals surface area contributed by atoms with Gasteiger partial charge in [0.15, 0.2) is 5.78 Å². The lowest BCUT2D eigenvalue weighted by Gasteiger charge is -2.16. The number of hydrogen-bond donors (Lipinski definition) is 1. The van der Waals surface area contributed by atoms with Crippen molar-refractivity contribution in [2.45, 2.75) is 13.5 Å². The Morgan fingerprint density at radius 3 is 2.40 bits per heavy atom. The van der Waals surface area contributed by atoms with Crippen molar-refractivity contribution >= 4 is 51.7 Å². The number of carbonyl (C=O) groups is 2. The second kappa shape index (κ2) is 11.0. The second-order valence-electron chi connectivity index (χ2n) is 7.97. The van der Waals surface area contributed by atoms with Crippen molar-refractivity contribution in [2.24, 2.45) is 4.99 Å². The van der Waals surface area contributed by atoms with E-state index in [0.717, 1.165) is 16.0 Å². The number of halogens is 1. The van der Waals surface area contributed by atoms with Gasteiger partial charge in [-0.2, -0.15) is 0 Å². The van der Waals surface area contributed by atoms with Crippen molar-refractivity contribution in [3.8, 4) is 16.2 Å². The van der Waals surface area contributed by atoms with Crippen LogP contribution in [0.3, 0.4) is 0 Å². The van der Waals surface area contributed by atoms with Gasteiger partial charge in [-0.15, -0.1) is 22.7 Å². The maximum Gasteiger partial charge on any atom is 0.263 e. The molecule has 1 N–H and O–H groups in total. The number of amides is 1. The minimum Gasteiger partial charge on any atom is -0.506 e. The molecule has 1 amide bonds. The van der Waals surface area contributed by atoms with Gasteiger partial charge in [0.05, 0.1) is 14.6 Å². The lowest BCUT2D eigenvalue weighted by atomic mass is 10.1. The predicted molar refractivity (Wildman–Crippen MR) is 144 cm³/mol. The van der Waals surface area contributed by atoms with Crippen LogP contribution in [-0.2, 0) is 6.54 Å². The van der Waals surface area contributed by atoms with Crippen LogP contribution in [0.5, 0.6) is 5.75 Å². The SMILES string of the molecule is CC(=NCC(=O)c1ccc(C(=O)N(C)Cc2ccccc2)s1)c1csc(-c2ccc(Cl)cc2)c1O. The number of rotatable bonds is 8. The molecule has 0 aliphatic carbocycles. The van der Waals surface area contributed by atoms with Gasteiger partial charge >= 0.3 is 0 Å². The first-order valence-corrected chi connectivity index (χ1v) is 12.9. The van der Waals surface area contributed by atoms with Gasteiger partial charge in [0.25, 0.3) is 5.91 Å². The summed E-state index contributed by atoms with van der Waals surface area (Å²) in [5.41, 5.74) is 3.07. The zero-order valence-electron chi connectivity index (χ0n) is 19.2. The van der Waals surface area contributed by atoms with Gasteiger partial charge in [0.2, 0.25) is 0 Å². The third kappa shape index (κ3) is 5.88. The summed E-state index contributed by atoms with van der Waals surface area (Å²) >= 11 is 8.53. The average molecular weight is 523 g/mol. The molecule has 0 aliphatic rings. The van der Waals surface area contributed by atoms with Gasteiger partial charge < -0.3 is 10.0 Å². The maximum atomic E-state index is 12.8. The van der Waals surface area contributed by atoms with E-state index >= 15 is 0 Å². The molecule has 0 aliphatic heterocycles. The van der Waals surface area contributed by atoms with Gasteiger partial charge in [-0.3, -0.25) is 14.6 Å². The zero-order valence-corrected chi connectivity index (χ0v) is 21.6. The number of hydrogen-bond acceptors (Lipinski definition) is 6. The normalized spacial score (nSPS) is 11.5. The Morgan fingerprint density at radius 1 is 1.00 bits per heavy atom. The fourth-order valence-corrected chi connectivity index (χ4v) is 5.56. The molecule has 4 aromatic rings. The molecular weight excluding hydrogens is 500 g/mol. The van der Waals surface area contributed by atoms with E-state index < -0.39 is 0 Å². The molecule has 0 saturated carbocycles. The third-order valence-electron chi connectivity index (χ3n) is 5.42. The number of aromatic hydroxyl groups is 1. The van der Waals surface area contributed by atoms with Crippen LogP contribution < -0.4 is 0 Å². The summed E-state index contributed by atoms with van der Waals surface area (Å²) in [4.78, 5) is 33.2. The topological polar surface area (TPSA) is 70.0 Å². The van der Waals surface area contributed by atoms with Crippen molar-refractivity contribution in [2.75, 3.05) is 13.6 Å². The summed E-state index contributed by atoms with van der Waals surface area (Å²) in [6.07, 6.45) is 0. The molecule has 2 aromatic carbocycles. The first kappa shape index (κ1) is 24.9. The number of benzene rings is 2. The van der Waals surface area contributed by atoms with E-state index in [-0.39, 0.29) is 24.0 Å². The molecule has 4 rings (SSSR count). The molecule has 2 heterocycles. The Balaban J connectivity index is 1.41. The van der Waals surface area contributed by atoms with Crippen LogP contribution in [0.4, 0.5) is 0 Å². The van der Waals surface area contributed by atoms with Crippen LogP contribution in [0, 0.1) is 0 Å². The minimum atomic E-state index is -0.174. The Labute approximate surface area is 217 Å². The first-order chi connectivity index (χ1) is 16.8. The van der Waals surface area contributed by atoms with E-state index in [1.54, 1.807) is 43.1 Å². The lowest BCUT2D eigenvalue weighted by molar-refractivity contribution is 0.0789. The Hall–Kier alpha value is -3.26. The van der Waals surface area contributed by atoms with Gasteiger partial charge in [0.1, 0.15) is 12.3 Å². The maximum absolute atomic E-state index is 12.8. The summed E-state index contributed by atoms with van der Waals surface area (Å²) in [5.74, 6) is -0.168. The van der Waals surface area contributed by atoms with Crippen molar-refractivity contribution in [3.63, 3.8) is 0 Å². The molecule has 0 spiro atoms. The van der Waals surface area contributed by atoms with E-state index in [1.807, 2.05) is 47.8 Å². The van der Waals surface area contributed by atoms with Gasteiger partial charge in [0, 0.05) is 35.3 Å². The van der Waals surface area contributed by atoms with Crippen LogP contribution in [0.25, 0.3) is 10.4 Å². The summed E-state index contributed by atoms with van der Waals surface area (Å²) in [6.45, 7) is 2.19. The quantitative estimate of drug-likeness (QED) is 0.204. The third-order valence-corrected chi connectivity index (χ3v) is 7.81. The van der Waals surface area contributed by atoms with Crippen LogP contribution in [0.15, 0.2) is 77.1 Å². The predicted octanol–water partition coefficient (Wildman–Crippen LogP) is 6.80. The van der Waals surface area contributed by atoms with Crippen molar-refractivity contribution in [1.82, 2.24) is 4.90 Å². The highest BCUT2D eigenvalue weighted by Gasteiger charge is 2.18. The van der Waals surface area contributed by atoms with Crippen molar-refractivity contribution in [1.29, 1.82) is 0 Å². The first-order valence-electron chi connectivity index (χ1n) is 10.8. The Morgan fingerprint density at radius 2 is 1.69 bits per heavy atom. The van der Waals surface area contributed by atoms with E-state index in [2.05, 4.69) is 4.99 Å². The number of Topliss-reactive ketones (excluding diaryl/α,β-unsaturated/α-hetero) is 1. The molecule has 0 unspecified atom stereocenters. The molecular formula is C27H23ClN2O3S2. The molecule has 5 nitrogen and oxygen atoms in total. The highest BCUT2D eigenvalue weighted by Crippen LogP contribution is 2.39. The molecule has 0 bridgehead atoms. The zero-order chi connectivity index (χ0) is 24.9. The Kier molecular flexibility index (Phi) is 7.80. The highest BCUT2D eigenvalue weighted by molar-refractivity contribution is 7.16. The van der Waals surface area contributed by atoms with Crippen LogP contribution in [0.1, 0.15) is 37.4 Å². The summed E-state index contributed by atoms with van der Waals surface area (Å²) in [5, 5.41) is 13.2. The monoisotopic (exact) mass is 522 g/mol. The average Bonchev–Trinajstić information content (AvgIpc) is 3.50. The molecule has 178 valence electrons. The van der Waals surface area contributed by atoms with Crippen molar-refractivity contribution in [3.05, 3.63) is 98.0 Å². The van der Waals surface area contributed by atoms with E-state index in [0.29, 0.717) is 32.6 Å². The molecule has 8 heteroatoms. The Bertz CT molecular complexity index is 1380. The molecule has 35 heavy (non-hydrogen) atoms. The largest absolute Gasteiger partial charge is 0.506 e. The van der Waals surface area contributed by atoms with Gasteiger partial charge in [-0.25, -0.2) is 0 Å². The number of thiophene rings is 2. The standard InChI is InChI=1S/C27H23ClN2O3S2/c1-17(21-16-34-26(25(21)32)19-8-10-20(28)11-9-19)29-14-22(31)23-12-13-24(35-23)27(33)30(2)15-18-6-4-3-5-7-18/h3-13,16,32H,14-15H2,1-2H3. The molecule has 0 radical (unpaired) electrons. The van der Waals surface area contributed by atoms with E-state index in [9.17, 15) is 14.7 Å². The number of ketones is 1. The van der Waals surface area contributed by atoms with E-state index in [4.69, 9.17) is 11.6 Å². The molecule has 2 aromatic heterocycles. The van der Waals surface area contributed by atoms with E-state index in [1.165, 1.54) is 22.7 Å². The van der Waals surface area contributed by atoms with Crippen LogP contribution in [-0.4, -0.2) is 41.0 Å². The van der Waals surface area contributed by atoms with Gasteiger partial charge in [-0.05, 0) is 42.3 Å². The summed E-state index contributed by atoms with van der Waals surface area (Å²) in [6, 6.07) is 20.3. The summed E-state index contributed by atoms with van der Waals surface area (Å²) in [7, 11) is 1.75. The highest BCUT2D eigenvalue weighted by atomic mass is 35.5. The fourth-order valence-electron chi connectivity index (χ4n) is 3.49. The van der Waals surface area contributed by atoms with Gasteiger partial charge in [-0.1, -0.05) is 54.1 Å². The molecule has 0 fully saturated rings.